The van der Waals surface area contributed by atoms with E-state index < -0.39 is 26.5 Å². The van der Waals surface area contributed by atoms with E-state index in [9.17, 15) is 19.0 Å². The normalized spacial score (nSPS) is 13.3. The van der Waals surface area contributed by atoms with Crippen LogP contribution in [0.1, 0.15) is 348 Å². The first-order valence-corrected chi connectivity index (χ1v) is 35.6. The van der Waals surface area contributed by atoms with Crippen LogP contribution in [0.25, 0.3) is 0 Å². The number of esters is 2. The molecule has 0 saturated carbocycles. The van der Waals surface area contributed by atoms with E-state index in [2.05, 4.69) is 38.2 Å². The standard InChI is InChI=1S/C68H132NO8P/c1-6-8-10-12-14-16-18-20-22-24-26-28-30-31-32-33-34-35-36-37-39-41-43-45-47-49-51-53-55-57-59-61-68(71)77-66(65-76-78(72,73)75-63-62-69(3,4)5)64-74-67(70)60-58-56-54-52-50-48-46-44-42-40-38-29-27-25-23-21-19-17-15-13-11-9-7-2/h18,20,24,26,66H,6-17,19,21-23,25,27-65H2,1-5H3/p+1/b20-18-,26-24-. The van der Waals surface area contributed by atoms with Crippen molar-refractivity contribution in [2.24, 2.45) is 0 Å². The molecule has 0 fully saturated rings. The SMILES string of the molecule is CCCCCCC/C=C\C/C=C\CCCCCCCCCCCCCCCCCCCCCC(=O)OC(COC(=O)CCCCCCCCCCCCCCCCCCCCCCCCC)COP(=O)(O)OCC[N+](C)(C)C. The number of allylic oxidation sites excluding steroid dienone is 4. The Morgan fingerprint density at radius 3 is 1.01 bits per heavy atom. The molecule has 0 heterocycles. The zero-order valence-corrected chi connectivity index (χ0v) is 53.6. The fourth-order valence-corrected chi connectivity index (χ4v) is 11.0. The molecule has 0 aromatic heterocycles. The minimum atomic E-state index is -4.39. The maximum atomic E-state index is 12.9. The van der Waals surface area contributed by atoms with Crippen molar-refractivity contribution in [1.82, 2.24) is 0 Å². The van der Waals surface area contributed by atoms with Gasteiger partial charge in [-0.3, -0.25) is 18.6 Å². The Morgan fingerprint density at radius 1 is 0.397 bits per heavy atom. The number of likely N-dealkylation sites (N-methyl/N-ethyl adjacent to an activating group) is 1. The predicted molar refractivity (Wildman–Crippen MR) is 335 cm³/mol. The fourth-order valence-electron chi connectivity index (χ4n) is 10.2. The zero-order chi connectivity index (χ0) is 57.0. The number of carbonyl (C=O) groups is 2. The summed E-state index contributed by atoms with van der Waals surface area (Å²) in [6.45, 7) is 4.50. The lowest BCUT2D eigenvalue weighted by Crippen LogP contribution is -2.37. The molecule has 0 aliphatic rings. The lowest BCUT2D eigenvalue weighted by atomic mass is 10.0. The highest BCUT2D eigenvalue weighted by Crippen LogP contribution is 2.43. The number of nitrogens with zero attached hydrogens (tertiary/aromatic N) is 1. The van der Waals surface area contributed by atoms with Gasteiger partial charge in [-0.05, 0) is 44.9 Å². The van der Waals surface area contributed by atoms with Crippen LogP contribution in [0.15, 0.2) is 24.3 Å². The summed E-state index contributed by atoms with van der Waals surface area (Å²) in [5, 5.41) is 0. The lowest BCUT2D eigenvalue weighted by Gasteiger charge is -2.24. The Balaban J connectivity index is 4.00. The first kappa shape index (κ1) is 76.5. The van der Waals surface area contributed by atoms with Gasteiger partial charge in [0.2, 0.25) is 0 Å². The number of phosphoric acid groups is 1. The van der Waals surface area contributed by atoms with E-state index in [4.69, 9.17) is 18.5 Å². The maximum Gasteiger partial charge on any atom is 0.472 e. The third-order valence-electron chi connectivity index (χ3n) is 15.5. The van der Waals surface area contributed by atoms with E-state index in [0.29, 0.717) is 23.9 Å². The van der Waals surface area contributed by atoms with Crippen molar-refractivity contribution in [2.75, 3.05) is 47.5 Å². The Kier molecular flexibility index (Phi) is 58.9. The van der Waals surface area contributed by atoms with Crippen molar-refractivity contribution >= 4 is 19.8 Å². The molecule has 0 rings (SSSR count). The van der Waals surface area contributed by atoms with Gasteiger partial charge in [-0.2, -0.15) is 0 Å². The lowest BCUT2D eigenvalue weighted by molar-refractivity contribution is -0.870. The molecule has 0 radical (unpaired) electrons. The predicted octanol–water partition coefficient (Wildman–Crippen LogP) is 21.7. The highest BCUT2D eigenvalue weighted by molar-refractivity contribution is 7.47. The summed E-state index contributed by atoms with van der Waals surface area (Å²) in [6.07, 6.45) is 74.2. The van der Waals surface area contributed by atoms with Gasteiger partial charge >= 0.3 is 19.8 Å². The smallest absolute Gasteiger partial charge is 0.462 e. The second-order valence-corrected chi connectivity index (χ2v) is 26.0. The molecule has 0 spiro atoms. The van der Waals surface area contributed by atoms with Crippen LogP contribution in [-0.4, -0.2) is 74.9 Å². The first-order valence-electron chi connectivity index (χ1n) is 34.1. The Labute approximate surface area is 485 Å². The van der Waals surface area contributed by atoms with Crippen LogP contribution >= 0.6 is 7.82 Å². The molecule has 10 heteroatoms. The van der Waals surface area contributed by atoms with Gasteiger partial charge in [-0.15, -0.1) is 0 Å². The topological polar surface area (TPSA) is 108 Å². The first-order chi connectivity index (χ1) is 38.0. The Hall–Kier alpha value is -1.51. The molecule has 462 valence electrons. The minimum Gasteiger partial charge on any atom is -0.462 e. The number of hydrogen-bond acceptors (Lipinski definition) is 7. The van der Waals surface area contributed by atoms with E-state index in [1.54, 1.807) is 0 Å². The second kappa shape index (κ2) is 60.1. The van der Waals surface area contributed by atoms with E-state index in [1.807, 2.05) is 21.1 Å². The van der Waals surface area contributed by atoms with Gasteiger partial charge in [-0.25, -0.2) is 4.57 Å². The van der Waals surface area contributed by atoms with Crippen LogP contribution in [-0.2, 0) is 32.7 Å². The minimum absolute atomic E-state index is 0.0357. The summed E-state index contributed by atoms with van der Waals surface area (Å²) in [4.78, 5) is 35.8. The summed E-state index contributed by atoms with van der Waals surface area (Å²) in [6, 6.07) is 0. The van der Waals surface area contributed by atoms with E-state index >= 15 is 0 Å². The molecule has 0 amide bonds. The zero-order valence-electron chi connectivity index (χ0n) is 52.7. The van der Waals surface area contributed by atoms with Gasteiger partial charge in [0, 0.05) is 12.8 Å². The molecule has 0 saturated heterocycles. The van der Waals surface area contributed by atoms with Gasteiger partial charge in [0.25, 0.3) is 0 Å². The summed E-state index contributed by atoms with van der Waals surface area (Å²) in [7, 11) is 1.50. The highest BCUT2D eigenvalue weighted by atomic mass is 31.2. The van der Waals surface area contributed by atoms with E-state index in [0.717, 1.165) is 38.5 Å². The maximum absolute atomic E-state index is 12.9. The molecule has 0 bridgehead atoms. The molecule has 1 N–H and O–H groups in total. The van der Waals surface area contributed by atoms with Crippen molar-refractivity contribution in [3.8, 4) is 0 Å². The van der Waals surface area contributed by atoms with E-state index in [1.165, 1.54) is 276 Å². The number of unbranched alkanes of at least 4 members (excludes halogenated alkanes) is 46. The monoisotopic (exact) mass is 1120 g/mol. The molecule has 78 heavy (non-hydrogen) atoms. The summed E-state index contributed by atoms with van der Waals surface area (Å²) in [5.74, 6) is -0.773. The fraction of sp³-hybridized carbons (Fsp3) is 0.912. The number of quaternary nitrogens is 1. The number of phosphoric ester groups is 1. The van der Waals surface area contributed by atoms with Crippen LogP contribution in [0.2, 0.25) is 0 Å². The molecular weight excluding hydrogens is 990 g/mol. The summed E-state index contributed by atoms with van der Waals surface area (Å²) in [5.41, 5.74) is 0. The second-order valence-electron chi connectivity index (χ2n) is 24.6. The third-order valence-corrected chi connectivity index (χ3v) is 16.5. The number of hydrogen-bond donors (Lipinski definition) is 1. The molecule has 0 aliphatic carbocycles. The van der Waals surface area contributed by atoms with Crippen molar-refractivity contribution in [2.45, 2.75) is 354 Å². The molecular formula is C68H133NO8P+. The van der Waals surface area contributed by atoms with Gasteiger partial charge in [0.1, 0.15) is 19.8 Å². The van der Waals surface area contributed by atoms with Gasteiger partial charge in [-0.1, -0.05) is 314 Å². The van der Waals surface area contributed by atoms with Gasteiger partial charge in [0.15, 0.2) is 6.10 Å². The van der Waals surface area contributed by atoms with Crippen LogP contribution < -0.4 is 0 Å². The Bertz CT molecular complexity index is 1370. The molecule has 9 nitrogen and oxygen atoms in total. The average Bonchev–Trinajstić information content (AvgIpc) is 3.40. The molecule has 2 unspecified atom stereocenters. The van der Waals surface area contributed by atoms with Crippen LogP contribution in [0.4, 0.5) is 0 Å². The molecule has 0 aromatic carbocycles. The Morgan fingerprint density at radius 2 is 0.692 bits per heavy atom. The van der Waals surface area contributed by atoms with Crippen molar-refractivity contribution in [1.29, 1.82) is 0 Å². The average molecular weight is 1120 g/mol. The van der Waals surface area contributed by atoms with Crippen molar-refractivity contribution in [3.05, 3.63) is 24.3 Å². The summed E-state index contributed by atoms with van der Waals surface area (Å²) < 4.78 is 34.7. The quantitative estimate of drug-likeness (QED) is 0.0211. The molecule has 0 aromatic rings. The third kappa shape index (κ3) is 63.7. The van der Waals surface area contributed by atoms with Gasteiger partial charge < -0.3 is 18.9 Å². The van der Waals surface area contributed by atoms with E-state index in [-0.39, 0.29) is 25.6 Å². The molecule has 0 aliphatic heterocycles. The number of rotatable bonds is 64. The van der Waals surface area contributed by atoms with Crippen molar-refractivity contribution < 1.29 is 42.1 Å². The van der Waals surface area contributed by atoms with Crippen LogP contribution in [0, 0.1) is 0 Å². The van der Waals surface area contributed by atoms with Gasteiger partial charge in [0.05, 0.1) is 27.7 Å². The summed E-state index contributed by atoms with van der Waals surface area (Å²) >= 11 is 0. The number of carbonyl (C=O) groups excluding carboxylic acids is 2. The largest absolute Gasteiger partial charge is 0.472 e. The van der Waals surface area contributed by atoms with Crippen LogP contribution in [0.5, 0.6) is 0 Å². The van der Waals surface area contributed by atoms with Crippen LogP contribution in [0.3, 0.4) is 0 Å². The number of ether oxygens (including phenoxy) is 2. The molecule has 2 atom stereocenters. The highest BCUT2D eigenvalue weighted by Gasteiger charge is 2.27. The van der Waals surface area contributed by atoms with Crippen molar-refractivity contribution in [3.63, 3.8) is 0 Å².